The van der Waals surface area contributed by atoms with E-state index in [9.17, 15) is 9.59 Å². The molecule has 7 heteroatoms. The molecule has 1 unspecified atom stereocenters. The number of carboxylic acids is 1. The maximum absolute atomic E-state index is 10.9. The number of primary amides is 1. The first-order valence-corrected chi connectivity index (χ1v) is 4.79. The molecule has 0 saturated heterocycles. The van der Waals surface area contributed by atoms with Crippen molar-refractivity contribution in [1.82, 2.24) is 4.98 Å². The second-order valence-electron chi connectivity index (χ2n) is 3.26. The van der Waals surface area contributed by atoms with Gasteiger partial charge >= 0.3 is 5.97 Å². The van der Waals surface area contributed by atoms with Gasteiger partial charge < -0.3 is 20.9 Å². The largest absolute Gasteiger partial charge is 0.480 e. The van der Waals surface area contributed by atoms with Crippen molar-refractivity contribution in [2.75, 3.05) is 19.0 Å². The predicted molar refractivity (Wildman–Crippen MR) is 59.7 cm³/mol. The maximum Gasteiger partial charge on any atom is 0.328 e. The molecule has 1 aromatic rings. The molecule has 17 heavy (non-hydrogen) atoms. The van der Waals surface area contributed by atoms with Crippen LogP contribution in [0.4, 0.5) is 5.82 Å². The lowest BCUT2D eigenvalue weighted by Gasteiger charge is -2.14. The van der Waals surface area contributed by atoms with Gasteiger partial charge in [-0.05, 0) is 12.1 Å². The van der Waals surface area contributed by atoms with Gasteiger partial charge in [-0.25, -0.2) is 9.78 Å². The molecule has 4 N–H and O–H groups in total. The number of methoxy groups -OCH3 is 1. The third-order valence-corrected chi connectivity index (χ3v) is 1.96. The van der Waals surface area contributed by atoms with E-state index in [2.05, 4.69) is 10.3 Å². The van der Waals surface area contributed by atoms with Crippen molar-refractivity contribution in [2.24, 2.45) is 5.73 Å². The van der Waals surface area contributed by atoms with Crippen LogP contribution in [0, 0.1) is 0 Å². The average Bonchev–Trinajstić information content (AvgIpc) is 2.28. The van der Waals surface area contributed by atoms with E-state index >= 15 is 0 Å². The normalized spacial score (nSPS) is 11.8. The molecule has 1 amide bonds. The lowest BCUT2D eigenvalue weighted by atomic mass is 10.3. The Bertz CT molecular complexity index is 422. The van der Waals surface area contributed by atoms with Gasteiger partial charge in [0.2, 0.25) is 0 Å². The summed E-state index contributed by atoms with van der Waals surface area (Å²) in [5, 5.41) is 11.5. The summed E-state index contributed by atoms with van der Waals surface area (Å²) in [6.45, 7) is -0.0161. The van der Waals surface area contributed by atoms with Crippen LogP contribution in [0.15, 0.2) is 18.2 Å². The van der Waals surface area contributed by atoms with E-state index in [4.69, 9.17) is 15.6 Å². The summed E-state index contributed by atoms with van der Waals surface area (Å²) in [7, 11) is 1.39. The van der Waals surface area contributed by atoms with Gasteiger partial charge in [-0.15, -0.1) is 0 Å². The number of aromatic nitrogens is 1. The van der Waals surface area contributed by atoms with Crippen LogP contribution in [0.3, 0.4) is 0 Å². The number of ether oxygens (including phenoxy) is 1. The van der Waals surface area contributed by atoms with Crippen LogP contribution in [-0.2, 0) is 9.53 Å². The quantitative estimate of drug-likeness (QED) is 0.627. The molecule has 7 nitrogen and oxygen atoms in total. The molecule has 0 aliphatic heterocycles. The van der Waals surface area contributed by atoms with E-state index in [0.29, 0.717) is 0 Å². The highest BCUT2D eigenvalue weighted by molar-refractivity contribution is 5.91. The summed E-state index contributed by atoms with van der Waals surface area (Å²) in [5.41, 5.74) is 5.13. The van der Waals surface area contributed by atoms with Crippen molar-refractivity contribution in [3.63, 3.8) is 0 Å². The number of pyridine rings is 1. The SMILES string of the molecule is COCC(Nc1cccc(C(N)=O)n1)C(=O)O. The molecule has 92 valence electrons. The van der Waals surface area contributed by atoms with Crippen LogP contribution in [0.2, 0.25) is 0 Å². The number of rotatable bonds is 6. The fraction of sp³-hybridized carbons (Fsp3) is 0.300. The number of nitrogens with two attached hydrogens (primary N) is 1. The third kappa shape index (κ3) is 3.72. The first-order chi connectivity index (χ1) is 8.04. The Labute approximate surface area is 97.6 Å². The Morgan fingerprint density at radius 2 is 2.29 bits per heavy atom. The number of hydrogen-bond donors (Lipinski definition) is 3. The van der Waals surface area contributed by atoms with Gasteiger partial charge in [0.1, 0.15) is 17.6 Å². The minimum absolute atomic E-state index is 0.0161. The molecule has 0 spiro atoms. The number of anilines is 1. The second-order valence-corrected chi connectivity index (χ2v) is 3.26. The molecule has 1 heterocycles. The highest BCUT2D eigenvalue weighted by Gasteiger charge is 2.17. The number of amides is 1. The van der Waals surface area contributed by atoms with Gasteiger partial charge in [0.15, 0.2) is 0 Å². The molecule has 1 aromatic heterocycles. The number of aliphatic carboxylic acids is 1. The maximum atomic E-state index is 10.9. The fourth-order valence-corrected chi connectivity index (χ4v) is 1.17. The molecule has 1 atom stereocenters. The standard InChI is InChI=1S/C10H13N3O4/c1-17-5-7(10(15)16)13-8-4-2-3-6(12-8)9(11)14/h2-4,7H,5H2,1H3,(H2,11,14)(H,12,13)(H,15,16). The van der Waals surface area contributed by atoms with Crippen LogP contribution >= 0.6 is 0 Å². The van der Waals surface area contributed by atoms with Crippen LogP contribution in [0.1, 0.15) is 10.5 Å². The number of hydrogen-bond acceptors (Lipinski definition) is 5. The molecule has 0 aliphatic rings. The molecule has 0 radical (unpaired) electrons. The first-order valence-electron chi connectivity index (χ1n) is 4.79. The van der Waals surface area contributed by atoms with Crippen molar-refractivity contribution in [3.8, 4) is 0 Å². The average molecular weight is 239 g/mol. The number of carbonyl (C=O) groups excluding carboxylic acids is 1. The zero-order valence-corrected chi connectivity index (χ0v) is 9.21. The molecule has 0 saturated carbocycles. The fourth-order valence-electron chi connectivity index (χ4n) is 1.17. The third-order valence-electron chi connectivity index (χ3n) is 1.96. The highest BCUT2D eigenvalue weighted by atomic mass is 16.5. The van der Waals surface area contributed by atoms with Gasteiger partial charge in [0.25, 0.3) is 5.91 Å². The highest BCUT2D eigenvalue weighted by Crippen LogP contribution is 2.06. The number of nitrogens with one attached hydrogen (secondary N) is 1. The van der Waals surface area contributed by atoms with Gasteiger partial charge in [0, 0.05) is 7.11 Å². The Morgan fingerprint density at radius 3 is 2.82 bits per heavy atom. The van der Waals surface area contributed by atoms with E-state index in [1.807, 2.05) is 0 Å². The van der Waals surface area contributed by atoms with E-state index in [1.165, 1.54) is 19.2 Å². The zero-order valence-electron chi connectivity index (χ0n) is 9.21. The van der Waals surface area contributed by atoms with Gasteiger partial charge in [-0.2, -0.15) is 0 Å². The number of carbonyl (C=O) groups is 2. The summed E-state index contributed by atoms with van der Waals surface area (Å²) in [5.74, 6) is -1.49. The van der Waals surface area contributed by atoms with Crippen LogP contribution in [0.25, 0.3) is 0 Å². The molecule has 0 fully saturated rings. The lowest BCUT2D eigenvalue weighted by Crippen LogP contribution is -2.34. The van der Waals surface area contributed by atoms with Crippen molar-refractivity contribution >= 4 is 17.7 Å². The van der Waals surface area contributed by atoms with Crippen LogP contribution in [0.5, 0.6) is 0 Å². The minimum atomic E-state index is -1.07. The molecule has 0 aliphatic carbocycles. The monoisotopic (exact) mass is 239 g/mol. The zero-order chi connectivity index (χ0) is 12.8. The summed E-state index contributed by atoms with van der Waals surface area (Å²) >= 11 is 0. The Morgan fingerprint density at radius 1 is 1.59 bits per heavy atom. The van der Waals surface area contributed by atoms with E-state index in [0.717, 1.165) is 0 Å². The molecular formula is C10H13N3O4. The number of carboxylic acid groups (broad SMARTS) is 1. The van der Waals surface area contributed by atoms with Crippen molar-refractivity contribution < 1.29 is 19.4 Å². The predicted octanol–water partition coefficient (Wildman–Crippen LogP) is -0.308. The Kier molecular flexibility index (Phi) is 4.41. The van der Waals surface area contributed by atoms with Crippen LogP contribution < -0.4 is 11.1 Å². The lowest BCUT2D eigenvalue weighted by molar-refractivity contribution is -0.139. The Balaban J connectivity index is 2.82. The summed E-state index contributed by atoms with van der Waals surface area (Å²) in [4.78, 5) is 25.6. The minimum Gasteiger partial charge on any atom is -0.480 e. The Hall–Kier alpha value is -2.15. The second kappa shape index (κ2) is 5.80. The molecule has 1 rings (SSSR count). The number of nitrogens with zero attached hydrogens (tertiary/aromatic N) is 1. The van der Waals surface area contributed by atoms with E-state index in [-0.39, 0.29) is 18.1 Å². The summed E-state index contributed by atoms with van der Waals surface area (Å²) < 4.78 is 4.75. The van der Waals surface area contributed by atoms with Gasteiger partial charge in [-0.1, -0.05) is 6.07 Å². The molecule has 0 aromatic carbocycles. The van der Waals surface area contributed by atoms with Crippen molar-refractivity contribution in [3.05, 3.63) is 23.9 Å². The first kappa shape index (κ1) is 12.9. The van der Waals surface area contributed by atoms with E-state index < -0.39 is 17.9 Å². The van der Waals surface area contributed by atoms with E-state index in [1.54, 1.807) is 6.07 Å². The van der Waals surface area contributed by atoms with Crippen molar-refractivity contribution in [2.45, 2.75) is 6.04 Å². The molecular weight excluding hydrogens is 226 g/mol. The topological polar surface area (TPSA) is 115 Å². The van der Waals surface area contributed by atoms with Crippen LogP contribution in [-0.4, -0.2) is 41.7 Å². The summed E-state index contributed by atoms with van der Waals surface area (Å²) in [6.07, 6.45) is 0. The summed E-state index contributed by atoms with van der Waals surface area (Å²) in [6, 6.07) is 3.61. The van der Waals surface area contributed by atoms with Gasteiger partial charge in [-0.3, -0.25) is 4.79 Å². The smallest absolute Gasteiger partial charge is 0.328 e. The van der Waals surface area contributed by atoms with Crippen molar-refractivity contribution in [1.29, 1.82) is 0 Å². The van der Waals surface area contributed by atoms with Gasteiger partial charge in [0.05, 0.1) is 6.61 Å². The molecule has 0 bridgehead atoms.